The molecular formula is C16H16BrFN2O2. The van der Waals surface area contributed by atoms with E-state index in [-0.39, 0.29) is 18.3 Å². The number of carbonyl (C=O) groups is 1. The molecule has 0 fully saturated rings. The second kappa shape index (κ2) is 6.98. The first-order valence-electron chi connectivity index (χ1n) is 6.65. The van der Waals surface area contributed by atoms with Crippen molar-refractivity contribution in [1.29, 1.82) is 0 Å². The Hall–Kier alpha value is -1.79. The van der Waals surface area contributed by atoms with Crippen molar-refractivity contribution in [3.05, 3.63) is 64.1 Å². The maximum Gasteiger partial charge on any atom is 0.252 e. The first-order chi connectivity index (χ1) is 10.5. The number of nitrogens with one attached hydrogen (secondary N) is 1. The van der Waals surface area contributed by atoms with Crippen LogP contribution in [-0.4, -0.2) is 24.5 Å². The fourth-order valence-electron chi connectivity index (χ4n) is 2.05. The van der Waals surface area contributed by atoms with Crippen LogP contribution >= 0.6 is 15.9 Å². The lowest BCUT2D eigenvalue weighted by molar-refractivity contribution is 0.000385. The molecule has 1 atom stereocenters. The summed E-state index contributed by atoms with van der Waals surface area (Å²) in [4.78, 5) is 16.1. The van der Waals surface area contributed by atoms with Crippen LogP contribution < -0.4 is 5.32 Å². The van der Waals surface area contributed by atoms with Gasteiger partial charge < -0.3 is 10.1 Å². The number of carbonyl (C=O) groups excluding carboxylic acids is 1. The third-order valence-electron chi connectivity index (χ3n) is 3.45. The number of halogens is 2. The molecule has 1 heterocycles. The number of pyridine rings is 1. The Bertz CT molecular complexity index is 681. The third-order valence-corrected chi connectivity index (χ3v) is 3.88. The minimum Gasteiger partial charge on any atom is -0.372 e. The molecule has 0 spiro atoms. The SMILES string of the molecule is COC(C)(CNC(=O)c1cncc(Br)c1)c1ccccc1F. The Morgan fingerprint density at radius 2 is 2.14 bits per heavy atom. The summed E-state index contributed by atoms with van der Waals surface area (Å²) in [5.74, 6) is -0.668. The number of hydrogen-bond acceptors (Lipinski definition) is 3. The van der Waals surface area contributed by atoms with E-state index in [1.807, 2.05) is 0 Å². The number of aromatic nitrogens is 1. The van der Waals surface area contributed by atoms with E-state index in [4.69, 9.17) is 4.74 Å². The van der Waals surface area contributed by atoms with Gasteiger partial charge in [0.25, 0.3) is 5.91 Å². The zero-order valence-electron chi connectivity index (χ0n) is 12.3. The first-order valence-corrected chi connectivity index (χ1v) is 7.44. The van der Waals surface area contributed by atoms with Crippen LogP contribution in [0.15, 0.2) is 47.2 Å². The van der Waals surface area contributed by atoms with Crippen molar-refractivity contribution in [2.45, 2.75) is 12.5 Å². The molecular weight excluding hydrogens is 351 g/mol. The standard InChI is InChI=1S/C16H16BrFN2O2/c1-16(22-2,13-5-3-4-6-14(13)18)10-20-15(21)11-7-12(17)9-19-8-11/h3-9H,10H2,1-2H3,(H,20,21). The molecule has 4 nitrogen and oxygen atoms in total. The molecule has 1 aromatic heterocycles. The monoisotopic (exact) mass is 366 g/mol. The lowest BCUT2D eigenvalue weighted by atomic mass is 9.95. The van der Waals surface area contributed by atoms with Crippen LogP contribution in [0.2, 0.25) is 0 Å². The van der Waals surface area contributed by atoms with Gasteiger partial charge in [0.05, 0.1) is 12.1 Å². The summed E-state index contributed by atoms with van der Waals surface area (Å²) in [6.45, 7) is 1.86. The molecule has 0 saturated carbocycles. The van der Waals surface area contributed by atoms with Crippen LogP contribution in [0.5, 0.6) is 0 Å². The maximum absolute atomic E-state index is 14.0. The van der Waals surface area contributed by atoms with Gasteiger partial charge in [0.2, 0.25) is 0 Å². The van der Waals surface area contributed by atoms with Crippen LogP contribution in [0.3, 0.4) is 0 Å². The summed E-state index contributed by atoms with van der Waals surface area (Å²) in [6, 6.07) is 8.02. The minimum atomic E-state index is -0.958. The molecule has 0 bridgehead atoms. The van der Waals surface area contributed by atoms with Crippen LogP contribution in [0.4, 0.5) is 4.39 Å². The van der Waals surface area contributed by atoms with E-state index in [2.05, 4.69) is 26.2 Å². The van der Waals surface area contributed by atoms with Gasteiger partial charge in [0.15, 0.2) is 0 Å². The molecule has 6 heteroatoms. The average Bonchev–Trinajstić information content (AvgIpc) is 2.52. The van der Waals surface area contributed by atoms with Crippen molar-refractivity contribution in [1.82, 2.24) is 10.3 Å². The number of benzene rings is 1. The van der Waals surface area contributed by atoms with E-state index in [0.29, 0.717) is 15.6 Å². The third kappa shape index (κ3) is 3.69. The summed E-state index contributed by atoms with van der Waals surface area (Å²) >= 11 is 3.26. The minimum absolute atomic E-state index is 0.135. The predicted octanol–water partition coefficient (Wildman–Crippen LogP) is 3.27. The molecule has 22 heavy (non-hydrogen) atoms. The van der Waals surface area contributed by atoms with Gasteiger partial charge in [-0.1, -0.05) is 18.2 Å². The molecule has 1 unspecified atom stereocenters. The van der Waals surface area contributed by atoms with Gasteiger partial charge in [-0.2, -0.15) is 0 Å². The second-order valence-corrected chi connectivity index (χ2v) is 5.91. The Labute approximate surface area is 136 Å². The van der Waals surface area contributed by atoms with Crippen molar-refractivity contribution in [2.75, 3.05) is 13.7 Å². The van der Waals surface area contributed by atoms with E-state index in [9.17, 15) is 9.18 Å². The number of methoxy groups -OCH3 is 1. The van der Waals surface area contributed by atoms with E-state index < -0.39 is 5.60 Å². The lowest BCUT2D eigenvalue weighted by Crippen LogP contribution is -2.40. The van der Waals surface area contributed by atoms with E-state index in [1.54, 1.807) is 37.4 Å². The topological polar surface area (TPSA) is 51.2 Å². The van der Waals surface area contributed by atoms with Crippen molar-refractivity contribution in [3.63, 3.8) is 0 Å². The highest BCUT2D eigenvalue weighted by molar-refractivity contribution is 9.10. The quantitative estimate of drug-likeness (QED) is 0.883. The van der Waals surface area contributed by atoms with Gasteiger partial charge in [0, 0.05) is 29.5 Å². The number of rotatable bonds is 5. The first kappa shape index (κ1) is 16.6. The van der Waals surface area contributed by atoms with E-state index >= 15 is 0 Å². The van der Waals surface area contributed by atoms with Crippen LogP contribution in [0, 0.1) is 5.82 Å². The number of ether oxygens (including phenoxy) is 1. The molecule has 2 rings (SSSR count). The molecule has 1 amide bonds. The Kier molecular flexibility index (Phi) is 5.26. The van der Waals surface area contributed by atoms with Crippen molar-refractivity contribution < 1.29 is 13.9 Å². The highest BCUT2D eigenvalue weighted by atomic mass is 79.9. The van der Waals surface area contributed by atoms with Gasteiger partial charge in [-0.15, -0.1) is 0 Å². The summed E-state index contributed by atoms with van der Waals surface area (Å²) in [5.41, 5.74) is -0.146. The molecule has 0 saturated heterocycles. The van der Waals surface area contributed by atoms with Crippen LogP contribution in [0.1, 0.15) is 22.8 Å². The Balaban J connectivity index is 2.14. The molecule has 116 valence electrons. The second-order valence-electron chi connectivity index (χ2n) is 4.99. The van der Waals surface area contributed by atoms with Gasteiger partial charge in [-0.05, 0) is 35.0 Å². The van der Waals surface area contributed by atoms with Crippen LogP contribution in [0.25, 0.3) is 0 Å². The van der Waals surface area contributed by atoms with E-state index in [0.717, 1.165) is 0 Å². The zero-order chi connectivity index (χ0) is 16.2. The lowest BCUT2D eigenvalue weighted by Gasteiger charge is -2.29. The molecule has 2 aromatic rings. The van der Waals surface area contributed by atoms with Gasteiger partial charge in [-0.25, -0.2) is 4.39 Å². The molecule has 0 aliphatic rings. The number of amides is 1. The number of nitrogens with zero attached hydrogens (tertiary/aromatic N) is 1. The van der Waals surface area contributed by atoms with E-state index in [1.165, 1.54) is 19.4 Å². The summed E-state index contributed by atoms with van der Waals surface area (Å²) in [5, 5.41) is 2.75. The largest absolute Gasteiger partial charge is 0.372 e. The van der Waals surface area contributed by atoms with Gasteiger partial charge in [-0.3, -0.25) is 9.78 Å². The summed E-state index contributed by atoms with van der Waals surface area (Å²) in [6.07, 6.45) is 3.06. The fraction of sp³-hybridized carbons (Fsp3) is 0.250. The Morgan fingerprint density at radius 3 is 2.77 bits per heavy atom. The molecule has 0 aliphatic heterocycles. The fourth-order valence-corrected chi connectivity index (χ4v) is 2.42. The average molecular weight is 367 g/mol. The predicted molar refractivity (Wildman–Crippen MR) is 85.0 cm³/mol. The van der Waals surface area contributed by atoms with Crippen LogP contribution in [-0.2, 0) is 10.3 Å². The van der Waals surface area contributed by atoms with Crippen molar-refractivity contribution in [2.24, 2.45) is 0 Å². The maximum atomic E-state index is 14.0. The summed E-state index contributed by atoms with van der Waals surface area (Å²) in [7, 11) is 1.49. The summed E-state index contributed by atoms with van der Waals surface area (Å²) < 4.78 is 20.1. The molecule has 1 aromatic carbocycles. The highest BCUT2D eigenvalue weighted by Crippen LogP contribution is 2.26. The molecule has 0 radical (unpaired) electrons. The smallest absolute Gasteiger partial charge is 0.252 e. The van der Waals surface area contributed by atoms with Crippen molar-refractivity contribution in [3.8, 4) is 0 Å². The highest BCUT2D eigenvalue weighted by Gasteiger charge is 2.29. The molecule has 0 aliphatic carbocycles. The molecule has 1 N–H and O–H groups in total. The number of hydrogen-bond donors (Lipinski definition) is 1. The van der Waals surface area contributed by atoms with Gasteiger partial charge >= 0.3 is 0 Å². The van der Waals surface area contributed by atoms with Gasteiger partial charge in [0.1, 0.15) is 11.4 Å². The zero-order valence-corrected chi connectivity index (χ0v) is 13.9. The Morgan fingerprint density at radius 1 is 1.41 bits per heavy atom. The van der Waals surface area contributed by atoms with Crippen molar-refractivity contribution >= 4 is 21.8 Å². The normalized spacial score (nSPS) is 13.5.